The summed E-state index contributed by atoms with van der Waals surface area (Å²) in [6.07, 6.45) is 3.90. The van der Waals surface area contributed by atoms with E-state index in [1.807, 2.05) is 6.07 Å². The Labute approximate surface area is 96.3 Å². The molecule has 1 aromatic rings. The molecular formula is C11H13NO3S. The summed E-state index contributed by atoms with van der Waals surface area (Å²) < 4.78 is 11.2. The smallest absolute Gasteiger partial charge is 0.260 e. The summed E-state index contributed by atoms with van der Waals surface area (Å²) in [5, 5.41) is 10.7. The van der Waals surface area contributed by atoms with Gasteiger partial charge < -0.3 is 0 Å². The average Bonchev–Trinajstić information content (AvgIpc) is 3.00. The molecule has 1 aliphatic carbocycles. The van der Waals surface area contributed by atoms with Gasteiger partial charge in [0, 0.05) is 34.9 Å². The van der Waals surface area contributed by atoms with Crippen molar-refractivity contribution in [3.05, 3.63) is 39.4 Å². The third kappa shape index (κ3) is 2.47. The molecule has 1 unspecified atom stereocenters. The zero-order valence-corrected chi connectivity index (χ0v) is 9.83. The Morgan fingerprint density at radius 2 is 2.19 bits per heavy atom. The molecular weight excluding hydrogens is 226 g/mol. The highest BCUT2D eigenvalue weighted by atomic mass is 32.2. The van der Waals surface area contributed by atoms with Crippen LogP contribution in [0, 0.1) is 10.1 Å². The molecule has 0 N–H and O–H groups in total. The van der Waals surface area contributed by atoms with E-state index in [-0.39, 0.29) is 5.69 Å². The van der Waals surface area contributed by atoms with E-state index in [1.165, 1.54) is 6.07 Å². The molecule has 1 saturated carbocycles. The third-order valence-corrected chi connectivity index (χ3v) is 3.43. The van der Waals surface area contributed by atoms with Gasteiger partial charge in [0.1, 0.15) is 0 Å². The van der Waals surface area contributed by atoms with Crippen molar-refractivity contribution in [3.8, 4) is 0 Å². The van der Waals surface area contributed by atoms with Crippen LogP contribution < -0.4 is 0 Å². The largest absolute Gasteiger partial charge is 0.269 e. The summed E-state index contributed by atoms with van der Waals surface area (Å²) >= 11 is 0. The molecule has 2 rings (SSSR count). The van der Waals surface area contributed by atoms with E-state index in [1.54, 1.807) is 12.3 Å². The highest BCUT2D eigenvalue weighted by Crippen LogP contribution is 2.42. The molecule has 1 atom stereocenters. The van der Waals surface area contributed by atoms with E-state index >= 15 is 0 Å². The van der Waals surface area contributed by atoms with Crippen molar-refractivity contribution in [1.29, 1.82) is 0 Å². The maximum atomic E-state index is 11.2. The number of nitrogens with zero attached hydrogens (tertiary/aromatic N) is 1. The zero-order chi connectivity index (χ0) is 11.7. The van der Waals surface area contributed by atoms with Gasteiger partial charge >= 0.3 is 0 Å². The van der Waals surface area contributed by atoms with Crippen molar-refractivity contribution >= 4 is 16.5 Å². The van der Waals surface area contributed by atoms with Crippen LogP contribution in [0.5, 0.6) is 0 Å². The van der Waals surface area contributed by atoms with Gasteiger partial charge in [-0.1, -0.05) is 6.07 Å². The lowest BCUT2D eigenvalue weighted by molar-refractivity contribution is -0.384. The Hall–Kier alpha value is -1.23. The van der Waals surface area contributed by atoms with Gasteiger partial charge in [-0.15, -0.1) is 0 Å². The van der Waals surface area contributed by atoms with Crippen molar-refractivity contribution in [3.63, 3.8) is 0 Å². The summed E-state index contributed by atoms with van der Waals surface area (Å²) in [6.45, 7) is 0. The third-order valence-electron chi connectivity index (χ3n) is 2.71. The normalized spacial score (nSPS) is 17.1. The van der Waals surface area contributed by atoms with E-state index in [0.29, 0.717) is 11.7 Å². The lowest BCUT2D eigenvalue weighted by Crippen LogP contribution is -1.99. The second-order valence-electron chi connectivity index (χ2n) is 4.13. The molecule has 0 saturated heterocycles. The second-order valence-corrected chi connectivity index (χ2v) is 5.57. The van der Waals surface area contributed by atoms with Gasteiger partial charge in [-0.2, -0.15) is 0 Å². The molecule has 0 radical (unpaired) electrons. The van der Waals surface area contributed by atoms with Gasteiger partial charge in [-0.05, 0) is 29.9 Å². The molecule has 86 valence electrons. The standard InChI is InChI=1S/C11H13NO3S/c1-16(15)7-9-6-10(12(13)14)4-5-11(9)8-2-3-8/h4-6,8H,2-3,7H2,1H3. The van der Waals surface area contributed by atoms with Crippen LogP contribution in [0.25, 0.3) is 0 Å². The molecule has 0 amide bonds. The minimum Gasteiger partial charge on any atom is -0.260 e. The minimum atomic E-state index is -0.960. The molecule has 4 nitrogen and oxygen atoms in total. The maximum absolute atomic E-state index is 11.2. The van der Waals surface area contributed by atoms with Crippen LogP contribution in [0.2, 0.25) is 0 Å². The van der Waals surface area contributed by atoms with Gasteiger partial charge in [-0.25, -0.2) is 0 Å². The Morgan fingerprint density at radius 3 is 2.69 bits per heavy atom. The predicted octanol–water partition coefficient (Wildman–Crippen LogP) is 2.35. The van der Waals surface area contributed by atoms with E-state index in [0.717, 1.165) is 24.0 Å². The Balaban J connectivity index is 2.37. The fourth-order valence-electron chi connectivity index (χ4n) is 1.84. The minimum absolute atomic E-state index is 0.0878. The molecule has 16 heavy (non-hydrogen) atoms. The van der Waals surface area contributed by atoms with Crippen molar-refractivity contribution in [2.45, 2.75) is 24.5 Å². The highest BCUT2D eigenvalue weighted by molar-refractivity contribution is 7.83. The fraction of sp³-hybridized carbons (Fsp3) is 0.455. The van der Waals surface area contributed by atoms with Crippen LogP contribution in [-0.2, 0) is 16.6 Å². The first-order chi connectivity index (χ1) is 7.58. The van der Waals surface area contributed by atoms with Crippen molar-refractivity contribution in [2.24, 2.45) is 0 Å². The summed E-state index contributed by atoms with van der Waals surface area (Å²) in [7, 11) is -0.960. The van der Waals surface area contributed by atoms with Gasteiger partial charge in [0.2, 0.25) is 0 Å². The topological polar surface area (TPSA) is 60.2 Å². The highest BCUT2D eigenvalue weighted by Gasteiger charge is 2.27. The van der Waals surface area contributed by atoms with Crippen LogP contribution in [0.4, 0.5) is 5.69 Å². The molecule has 0 aromatic heterocycles. The van der Waals surface area contributed by atoms with Crippen molar-refractivity contribution in [2.75, 3.05) is 6.26 Å². The monoisotopic (exact) mass is 239 g/mol. The summed E-state index contributed by atoms with van der Waals surface area (Å²) in [4.78, 5) is 10.3. The number of hydrogen-bond acceptors (Lipinski definition) is 3. The summed E-state index contributed by atoms with van der Waals surface area (Å²) in [5.74, 6) is 0.937. The molecule has 5 heteroatoms. The van der Waals surface area contributed by atoms with Crippen molar-refractivity contribution < 1.29 is 9.13 Å². The Bertz CT molecular complexity index is 455. The van der Waals surface area contributed by atoms with Crippen molar-refractivity contribution in [1.82, 2.24) is 0 Å². The van der Waals surface area contributed by atoms with Crippen LogP contribution in [-0.4, -0.2) is 15.4 Å². The lowest BCUT2D eigenvalue weighted by Gasteiger charge is -2.06. The van der Waals surface area contributed by atoms with E-state index < -0.39 is 15.7 Å². The molecule has 0 bridgehead atoms. The van der Waals surface area contributed by atoms with Crippen LogP contribution in [0.15, 0.2) is 18.2 Å². The van der Waals surface area contributed by atoms with Gasteiger partial charge in [0.25, 0.3) is 5.69 Å². The SMILES string of the molecule is CS(=O)Cc1cc([N+](=O)[O-])ccc1C1CC1. The first-order valence-electron chi connectivity index (χ1n) is 5.15. The molecule has 0 heterocycles. The maximum Gasteiger partial charge on any atom is 0.269 e. The Kier molecular flexibility index (Phi) is 3.05. The average molecular weight is 239 g/mol. The van der Waals surface area contributed by atoms with E-state index in [4.69, 9.17) is 0 Å². The Morgan fingerprint density at radius 1 is 1.50 bits per heavy atom. The first-order valence-corrected chi connectivity index (χ1v) is 6.88. The first kappa shape index (κ1) is 11.3. The molecule has 1 fully saturated rings. The van der Waals surface area contributed by atoms with E-state index in [9.17, 15) is 14.3 Å². The van der Waals surface area contributed by atoms with E-state index in [2.05, 4.69) is 0 Å². The lowest BCUT2D eigenvalue weighted by atomic mass is 10.0. The fourth-order valence-corrected chi connectivity index (χ4v) is 2.53. The van der Waals surface area contributed by atoms with Gasteiger partial charge in [0.15, 0.2) is 0 Å². The number of rotatable bonds is 4. The molecule has 1 aromatic carbocycles. The molecule has 0 spiro atoms. The van der Waals surface area contributed by atoms with Gasteiger partial charge in [0.05, 0.1) is 4.92 Å². The zero-order valence-electron chi connectivity index (χ0n) is 9.01. The number of non-ortho nitro benzene ring substituents is 1. The number of hydrogen-bond donors (Lipinski definition) is 0. The summed E-state index contributed by atoms with van der Waals surface area (Å²) in [5.41, 5.74) is 2.10. The van der Waals surface area contributed by atoms with Crippen LogP contribution in [0.1, 0.15) is 29.9 Å². The second kappa shape index (κ2) is 4.33. The van der Waals surface area contributed by atoms with Gasteiger partial charge in [-0.3, -0.25) is 14.3 Å². The summed E-state index contributed by atoms with van der Waals surface area (Å²) in [6, 6.07) is 4.92. The number of nitro groups is 1. The predicted molar refractivity (Wildman–Crippen MR) is 62.8 cm³/mol. The molecule has 0 aliphatic heterocycles. The van der Waals surface area contributed by atoms with Crippen LogP contribution in [0.3, 0.4) is 0 Å². The quantitative estimate of drug-likeness (QED) is 0.598. The molecule has 1 aliphatic rings. The number of benzene rings is 1. The van der Waals surface area contributed by atoms with Crippen LogP contribution >= 0.6 is 0 Å². The number of nitro benzene ring substituents is 1.